The van der Waals surface area contributed by atoms with Crippen LogP contribution in [-0.2, 0) is 10.2 Å². The number of rotatable bonds is 4. The summed E-state index contributed by atoms with van der Waals surface area (Å²) in [5.74, 6) is -0.765. The smallest absolute Gasteiger partial charge is 0.396 e. The number of pyridine rings is 1. The second kappa shape index (κ2) is 6.26. The average molecular weight is 307 g/mol. The van der Waals surface area contributed by atoms with Crippen LogP contribution in [0.25, 0.3) is 0 Å². The number of carbonyl (C=O) groups is 1. The predicted octanol–water partition coefficient (Wildman–Crippen LogP) is 3.09. The van der Waals surface area contributed by atoms with Gasteiger partial charge in [-0.1, -0.05) is 31.9 Å². The Morgan fingerprint density at radius 3 is 2.67 bits per heavy atom. The molecule has 0 fully saturated rings. The number of carbonyl (C=O) groups excluding carboxylic acids is 1. The Kier molecular flexibility index (Phi) is 4.62. The maximum atomic E-state index is 11.4. The average Bonchev–Trinajstić information content (AvgIpc) is 2.87. The SMILES string of the molecule is CCOC(=O)c1nnc(Sc2ccc(C(C)(C)C)cn2)o1. The highest BCUT2D eigenvalue weighted by Gasteiger charge is 2.18. The molecule has 7 heteroatoms. The van der Waals surface area contributed by atoms with Crippen molar-refractivity contribution >= 4 is 17.7 Å². The van der Waals surface area contributed by atoms with Gasteiger partial charge in [-0.2, -0.15) is 0 Å². The van der Waals surface area contributed by atoms with Gasteiger partial charge in [-0.05, 0) is 35.7 Å². The largest absolute Gasteiger partial charge is 0.459 e. The molecule has 2 aromatic rings. The van der Waals surface area contributed by atoms with E-state index in [2.05, 4.69) is 36.0 Å². The molecule has 0 aromatic carbocycles. The molecule has 0 aliphatic heterocycles. The van der Waals surface area contributed by atoms with E-state index in [4.69, 9.17) is 9.15 Å². The van der Waals surface area contributed by atoms with Crippen molar-refractivity contribution in [2.45, 2.75) is 43.4 Å². The molecular weight excluding hydrogens is 290 g/mol. The summed E-state index contributed by atoms with van der Waals surface area (Å²) < 4.78 is 10.0. The van der Waals surface area contributed by atoms with Gasteiger partial charge in [0.05, 0.1) is 6.61 Å². The van der Waals surface area contributed by atoms with Gasteiger partial charge in [0.1, 0.15) is 5.03 Å². The molecule has 21 heavy (non-hydrogen) atoms. The molecule has 0 atom stereocenters. The fraction of sp³-hybridized carbons (Fsp3) is 0.429. The minimum Gasteiger partial charge on any atom is -0.459 e. The Labute approximate surface area is 127 Å². The Hall–Kier alpha value is -1.89. The monoisotopic (exact) mass is 307 g/mol. The van der Waals surface area contributed by atoms with Gasteiger partial charge in [0, 0.05) is 6.20 Å². The maximum Gasteiger partial charge on any atom is 0.396 e. The number of ether oxygens (including phenoxy) is 1. The first-order valence-electron chi connectivity index (χ1n) is 6.55. The van der Waals surface area contributed by atoms with Crippen molar-refractivity contribution in [1.82, 2.24) is 15.2 Å². The van der Waals surface area contributed by atoms with Crippen LogP contribution in [0.4, 0.5) is 0 Å². The minimum absolute atomic E-state index is 0.0533. The molecule has 2 rings (SSSR count). The summed E-state index contributed by atoms with van der Waals surface area (Å²) in [5.41, 5.74) is 1.20. The van der Waals surface area contributed by atoms with Gasteiger partial charge in [-0.25, -0.2) is 9.78 Å². The van der Waals surface area contributed by atoms with E-state index >= 15 is 0 Å². The number of hydrogen-bond donors (Lipinski definition) is 0. The van der Waals surface area contributed by atoms with Crippen molar-refractivity contribution in [2.75, 3.05) is 6.61 Å². The summed E-state index contributed by atoms with van der Waals surface area (Å²) in [6.07, 6.45) is 1.82. The van der Waals surface area contributed by atoms with Crippen LogP contribution in [0.3, 0.4) is 0 Å². The first-order chi connectivity index (χ1) is 9.90. The third-order valence-corrected chi connectivity index (χ3v) is 3.44. The third kappa shape index (κ3) is 4.04. The van der Waals surface area contributed by atoms with E-state index in [1.54, 1.807) is 6.92 Å². The fourth-order valence-electron chi connectivity index (χ4n) is 1.50. The minimum atomic E-state index is -0.618. The predicted molar refractivity (Wildman–Crippen MR) is 77.3 cm³/mol. The fourth-order valence-corrected chi connectivity index (χ4v) is 2.12. The second-order valence-corrected chi connectivity index (χ2v) is 6.30. The number of nitrogens with zero attached hydrogens (tertiary/aromatic N) is 3. The lowest BCUT2D eigenvalue weighted by Crippen LogP contribution is -2.11. The molecular formula is C14H17N3O3S. The molecule has 0 radical (unpaired) electrons. The first kappa shape index (κ1) is 15.5. The number of esters is 1. The lowest BCUT2D eigenvalue weighted by molar-refractivity contribution is 0.0475. The van der Waals surface area contributed by atoms with Crippen LogP contribution < -0.4 is 0 Å². The summed E-state index contributed by atoms with van der Waals surface area (Å²) in [7, 11) is 0. The van der Waals surface area contributed by atoms with Crippen molar-refractivity contribution < 1.29 is 13.9 Å². The van der Waals surface area contributed by atoms with Gasteiger partial charge in [0.2, 0.25) is 0 Å². The van der Waals surface area contributed by atoms with Crippen molar-refractivity contribution in [3.63, 3.8) is 0 Å². The summed E-state index contributed by atoms with van der Waals surface area (Å²) in [6, 6.07) is 3.90. The van der Waals surface area contributed by atoms with Crippen LogP contribution in [0.2, 0.25) is 0 Å². The number of aromatic nitrogens is 3. The van der Waals surface area contributed by atoms with Crippen molar-refractivity contribution in [2.24, 2.45) is 0 Å². The van der Waals surface area contributed by atoms with Crippen LogP contribution in [0.5, 0.6) is 0 Å². The Bertz CT molecular complexity index is 617. The molecule has 0 bridgehead atoms. The van der Waals surface area contributed by atoms with E-state index in [0.717, 1.165) is 10.6 Å². The van der Waals surface area contributed by atoms with Gasteiger partial charge >= 0.3 is 11.9 Å². The van der Waals surface area contributed by atoms with E-state index in [1.165, 1.54) is 11.8 Å². The molecule has 0 spiro atoms. The van der Waals surface area contributed by atoms with Crippen molar-refractivity contribution in [1.29, 1.82) is 0 Å². The van der Waals surface area contributed by atoms with E-state index in [9.17, 15) is 4.79 Å². The highest BCUT2D eigenvalue weighted by Crippen LogP contribution is 2.27. The topological polar surface area (TPSA) is 78.1 Å². The van der Waals surface area contributed by atoms with Gasteiger partial charge in [0.15, 0.2) is 0 Å². The van der Waals surface area contributed by atoms with Gasteiger partial charge in [-0.15, -0.1) is 5.10 Å². The van der Waals surface area contributed by atoms with E-state index in [0.29, 0.717) is 0 Å². The maximum absolute atomic E-state index is 11.4. The molecule has 6 nitrogen and oxygen atoms in total. The zero-order valence-corrected chi connectivity index (χ0v) is 13.2. The summed E-state index contributed by atoms with van der Waals surface area (Å²) >= 11 is 1.20. The molecule has 2 aromatic heterocycles. The molecule has 0 aliphatic carbocycles. The normalized spacial score (nSPS) is 11.4. The Morgan fingerprint density at radius 1 is 1.33 bits per heavy atom. The number of hydrogen-bond acceptors (Lipinski definition) is 7. The summed E-state index contributed by atoms with van der Waals surface area (Å²) in [6.45, 7) is 8.35. The first-order valence-corrected chi connectivity index (χ1v) is 7.37. The quantitative estimate of drug-likeness (QED) is 0.803. The Balaban J connectivity index is 2.07. The zero-order valence-electron chi connectivity index (χ0n) is 12.4. The third-order valence-electron chi connectivity index (χ3n) is 2.65. The molecule has 2 heterocycles. The van der Waals surface area contributed by atoms with Crippen LogP contribution >= 0.6 is 11.8 Å². The second-order valence-electron chi connectivity index (χ2n) is 5.33. The van der Waals surface area contributed by atoms with Crippen LogP contribution in [0.15, 0.2) is 33.0 Å². The molecule has 0 saturated carbocycles. The van der Waals surface area contributed by atoms with Gasteiger partial charge < -0.3 is 9.15 Å². The Morgan fingerprint density at radius 2 is 2.10 bits per heavy atom. The molecule has 0 N–H and O–H groups in total. The van der Waals surface area contributed by atoms with E-state index in [-0.39, 0.29) is 23.1 Å². The van der Waals surface area contributed by atoms with Gasteiger partial charge in [0.25, 0.3) is 5.22 Å². The van der Waals surface area contributed by atoms with Gasteiger partial charge in [-0.3, -0.25) is 0 Å². The van der Waals surface area contributed by atoms with E-state index in [1.807, 2.05) is 18.3 Å². The molecule has 0 unspecified atom stereocenters. The standard InChI is InChI=1S/C14H17N3O3S/c1-5-19-12(18)11-16-17-13(20-11)21-10-7-6-9(8-15-10)14(2,3)4/h6-8H,5H2,1-4H3. The lowest BCUT2D eigenvalue weighted by Gasteiger charge is -2.18. The summed E-state index contributed by atoms with van der Waals surface area (Å²) in [5, 5.41) is 8.42. The summed E-state index contributed by atoms with van der Waals surface area (Å²) in [4.78, 5) is 15.8. The highest BCUT2D eigenvalue weighted by molar-refractivity contribution is 7.99. The van der Waals surface area contributed by atoms with E-state index < -0.39 is 5.97 Å². The van der Waals surface area contributed by atoms with Crippen LogP contribution in [-0.4, -0.2) is 27.8 Å². The lowest BCUT2D eigenvalue weighted by atomic mass is 9.88. The van der Waals surface area contributed by atoms with Crippen LogP contribution in [0.1, 0.15) is 43.9 Å². The highest BCUT2D eigenvalue weighted by atomic mass is 32.2. The van der Waals surface area contributed by atoms with Crippen molar-refractivity contribution in [3.05, 3.63) is 29.8 Å². The zero-order chi connectivity index (χ0) is 15.5. The van der Waals surface area contributed by atoms with Crippen LogP contribution in [0, 0.1) is 0 Å². The molecule has 0 saturated heterocycles. The molecule has 0 aliphatic rings. The molecule has 0 amide bonds. The van der Waals surface area contributed by atoms with Crippen molar-refractivity contribution in [3.8, 4) is 0 Å². The molecule has 112 valence electrons.